The Morgan fingerprint density at radius 3 is 1.66 bits per heavy atom. The Kier molecular flexibility index (Phi) is 6.64. The second-order valence-corrected chi connectivity index (χ2v) is 13.4. The fraction of sp³-hybridized carbons (Fsp3) is 0. The number of hydrogen-bond acceptors (Lipinski definition) is 5. The van der Waals surface area contributed by atoms with Gasteiger partial charge in [0.05, 0.1) is 0 Å². The second kappa shape index (κ2) is 11.6. The maximum Gasteiger partial charge on any atom is 0.164 e. The number of hydrogen-bond donors (Lipinski definition) is 0. The van der Waals surface area contributed by atoms with E-state index in [0.717, 1.165) is 60.7 Å². The molecular weight excluding hydrogens is 631 g/mol. The van der Waals surface area contributed by atoms with Gasteiger partial charge in [-0.1, -0.05) is 146 Å². The molecule has 3 aromatic heterocycles. The normalized spacial score (nSPS) is 11.6. The van der Waals surface area contributed by atoms with Crippen LogP contribution in [-0.4, -0.2) is 15.0 Å². The molecule has 0 bridgehead atoms. The minimum atomic E-state index is 0.652. The zero-order valence-corrected chi connectivity index (χ0v) is 27.6. The Hall–Kier alpha value is -6.43. The molecule has 50 heavy (non-hydrogen) atoms. The Morgan fingerprint density at radius 1 is 0.380 bits per heavy atom. The summed E-state index contributed by atoms with van der Waals surface area (Å²) >= 11 is 1.81. The van der Waals surface area contributed by atoms with Crippen molar-refractivity contribution in [3.8, 4) is 56.4 Å². The Labute approximate surface area is 292 Å². The molecule has 0 atom stereocenters. The maximum absolute atomic E-state index is 6.62. The van der Waals surface area contributed by atoms with E-state index < -0.39 is 0 Å². The summed E-state index contributed by atoms with van der Waals surface area (Å²) in [5, 5.41) is 4.56. The number of aromatic nitrogens is 3. The van der Waals surface area contributed by atoms with Crippen molar-refractivity contribution < 1.29 is 4.42 Å². The van der Waals surface area contributed by atoms with Crippen LogP contribution >= 0.6 is 11.3 Å². The number of furan rings is 1. The minimum absolute atomic E-state index is 0.652. The number of para-hydroxylation sites is 1. The van der Waals surface area contributed by atoms with Gasteiger partial charge in [-0.05, 0) is 29.3 Å². The zero-order valence-electron chi connectivity index (χ0n) is 26.7. The van der Waals surface area contributed by atoms with Gasteiger partial charge in [0.25, 0.3) is 0 Å². The summed E-state index contributed by atoms with van der Waals surface area (Å²) in [5.41, 5.74) is 9.23. The number of thiophene rings is 1. The van der Waals surface area contributed by atoms with Gasteiger partial charge < -0.3 is 4.42 Å². The summed E-state index contributed by atoms with van der Waals surface area (Å²) in [4.78, 5) is 15.1. The molecule has 0 radical (unpaired) electrons. The molecule has 10 rings (SSSR count). The van der Waals surface area contributed by atoms with Crippen LogP contribution in [0.3, 0.4) is 0 Å². The molecule has 0 saturated carbocycles. The van der Waals surface area contributed by atoms with Crippen LogP contribution in [0.1, 0.15) is 0 Å². The van der Waals surface area contributed by atoms with E-state index in [2.05, 4.69) is 91.0 Å². The Morgan fingerprint density at radius 2 is 0.940 bits per heavy atom. The van der Waals surface area contributed by atoms with E-state index in [4.69, 9.17) is 19.4 Å². The SMILES string of the molecule is c1ccc(-c2nc(-c3ccccc3)nc(-c3cccc4sc5c(-c6ccc(-c7ccccc7)c7oc8ccccc8c67)cccc5c34)n2)cc1. The largest absolute Gasteiger partial charge is 0.455 e. The quantitative estimate of drug-likeness (QED) is 0.185. The summed E-state index contributed by atoms with van der Waals surface area (Å²) in [6.45, 7) is 0. The molecule has 3 heterocycles. The van der Waals surface area contributed by atoms with Crippen molar-refractivity contribution in [2.75, 3.05) is 0 Å². The lowest BCUT2D eigenvalue weighted by atomic mass is 9.93. The van der Waals surface area contributed by atoms with Gasteiger partial charge in [0.15, 0.2) is 17.5 Å². The first-order valence-corrected chi connectivity index (χ1v) is 17.4. The first-order chi connectivity index (χ1) is 24.8. The molecule has 0 unspecified atom stereocenters. The molecule has 0 aliphatic rings. The van der Waals surface area contributed by atoms with Gasteiger partial charge in [-0.25, -0.2) is 15.0 Å². The summed E-state index contributed by atoms with van der Waals surface area (Å²) < 4.78 is 9.02. The summed E-state index contributed by atoms with van der Waals surface area (Å²) in [6, 6.07) is 56.6. The Bertz CT molecular complexity index is 2800. The van der Waals surface area contributed by atoms with Gasteiger partial charge in [-0.3, -0.25) is 0 Å². The van der Waals surface area contributed by atoms with Crippen LogP contribution in [0.5, 0.6) is 0 Å². The number of fused-ring (bicyclic) bond motifs is 6. The monoisotopic (exact) mass is 657 g/mol. The topological polar surface area (TPSA) is 51.8 Å². The molecule has 4 nitrogen and oxygen atoms in total. The number of benzene rings is 7. The van der Waals surface area contributed by atoms with Gasteiger partial charge in [0, 0.05) is 58.8 Å². The smallest absolute Gasteiger partial charge is 0.164 e. The molecule has 0 aliphatic carbocycles. The first-order valence-electron chi connectivity index (χ1n) is 16.6. The third kappa shape index (κ3) is 4.63. The molecule has 0 aliphatic heterocycles. The van der Waals surface area contributed by atoms with Crippen LogP contribution in [0.25, 0.3) is 98.5 Å². The molecule has 0 saturated heterocycles. The van der Waals surface area contributed by atoms with Gasteiger partial charge >= 0.3 is 0 Å². The highest BCUT2D eigenvalue weighted by Crippen LogP contribution is 2.47. The van der Waals surface area contributed by atoms with Gasteiger partial charge in [-0.2, -0.15) is 0 Å². The molecule has 0 N–H and O–H groups in total. The lowest BCUT2D eigenvalue weighted by Gasteiger charge is -2.10. The van der Waals surface area contributed by atoms with E-state index in [1.807, 2.05) is 84.1 Å². The minimum Gasteiger partial charge on any atom is -0.455 e. The van der Waals surface area contributed by atoms with Gasteiger partial charge in [-0.15, -0.1) is 11.3 Å². The maximum atomic E-state index is 6.62. The average molecular weight is 658 g/mol. The molecule has 0 spiro atoms. The van der Waals surface area contributed by atoms with Crippen molar-refractivity contribution in [2.45, 2.75) is 0 Å². The highest BCUT2D eigenvalue weighted by atomic mass is 32.1. The Balaban J connectivity index is 1.22. The van der Waals surface area contributed by atoms with E-state index in [1.54, 1.807) is 0 Å². The van der Waals surface area contributed by atoms with Crippen LogP contribution in [0.2, 0.25) is 0 Å². The van der Waals surface area contributed by atoms with Crippen molar-refractivity contribution in [2.24, 2.45) is 0 Å². The lowest BCUT2D eigenvalue weighted by Crippen LogP contribution is -2.00. The average Bonchev–Trinajstić information content (AvgIpc) is 3.78. The van der Waals surface area contributed by atoms with Crippen molar-refractivity contribution in [3.05, 3.63) is 164 Å². The molecule has 0 fully saturated rings. The fourth-order valence-corrected chi connectivity index (χ4v) is 8.33. The van der Waals surface area contributed by atoms with Crippen molar-refractivity contribution in [3.63, 3.8) is 0 Å². The van der Waals surface area contributed by atoms with E-state index in [1.165, 1.54) is 20.3 Å². The van der Waals surface area contributed by atoms with E-state index in [-0.39, 0.29) is 0 Å². The van der Waals surface area contributed by atoms with Crippen molar-refractivity contribution >= 4 is 53.4 Å². The molecule has 234 valence electrons. The summed E-state index contributed by atoms with van der Waals surface area (Å²) in [6.07, 6.45) is 0. The molecule has 10 aromatic rings. The predicted octanol–water partition coefficient (Wildman–Crippen LogP) is 12.5. The van der Waals surface area contributed by atoms with Crippen molar-refractivity contribution in [1.29, 1.82) is 0 Å². The van der Waals surface area contributed by atoms with E-state index >= 15 is 0 Å². The standard InChI is InChI=1S/C45H27N3OS/c1-4-14-28(15-5-1)31-26-27-32(40-34-20-10-11-24-37(34)49-41(31)40)33-21-12-22-35-39-36(23-13-25-38(39)50-42(33)35)45-47-43(29-16-6-2-7-17-29)46-44(48-45)30-18-8-3-9-19-30/h1-27H. The molecule has 7 aromatic carbocycles. The van der Waals surface area contributed by atoms with E-state index in [0.29, 0.717) is 17.5 Å². The number of nitrogens with zero attached hydrogens (tertiary/aromatic N) is 3. The first kappa shape index (κ1) is 28.6. The molecule has 0 amide bonds. The predicted molar refractivity (Wildman–Crippen MR) is 207 cm³/mol. The van der Waals surface area contributed by atoms with Crippen molar-refractivity contribution in [1.82, 2.24) is 15.0 Å². The second-order valence-electron chi connectivity index (χ2n) is 12.3. The highest BCUT2D eigenvalue weighted by Gasteiger charge is 2.21. The summed E-state index contributed by atoms with van der Waals surface area (Å²) in [5.74, 6) is 1.96. The molecule has 5 heteroatoms. The van der Waals surface area contributed by atoms with Crippen LogP contribution in [0.4, 0.5) is 0 Å². The van der Waals surface area contributed by atoms with E-state index in [9.17, 15) is 0 Å². The van der Waals surface area contributed by atoms with Crippen LogP contribution in [0, 0.1) is 0 Å². The third-order valence-electron chi connectivity index (χ3n) is 9.36. The van der Waals surface area contributed by atoms with Gasteiger partial charge in [0.2, 0.25) is 0 Å². The summed E-state index contributed by atoms with van der Waals surface area (Å²) in [7, 11) is 0. The third-order valence-corrected chi connectivity index (χ3v) is 10.6. The van der Waals surface area contributed by atoms with Gasteiger partial charge in [0.1, 0.15) is 11.2 Å². The fourth-order valence-electron chi connectivity index (χ4n) is 7.07. The van der Waals surface area contributed by atoms with Crippen LogP contribution < -0.4 is 0 Å². The van der Waals surface area contributed by atoms with Crippen LogP contribution in [-0.2, 0) is 0 Å². The van der Waals surface area contributed by atoms with Crippen LogP contribution in [0.15, 0.2) is 168 Å². The molecular formula is C45H27N3OS. The zero-order chi connectivity index (χ0) is 33.0. The lowest BCUT2D eigenvalue weighted by molar-refractivity contribution is 0.670. The highest BCUT2D eigenvalue weighted by molar-refractivity contribution is 7.26. The number of rotatable bonds is 5.